The molecule has 0 amide bonds. The zero-order valence-electron chi connectivity index (χ0n) is 12.3. The van der Waals surface area contributed by atoms with E-state index < -0.39 is 0 Å². The van der Waals surface area contributed by atoms with E-state index in [4.69, 9.17) is 4.98 Å². The maximum absolute atomic E-state index is 5.04. The third-order valence-corrected chi connectivity index (χ3v) is 4.02. The Kier molecular flexibility index (Phi) is 4.79. The van der Waals surface area contributed by atoms with E-state index in [0.717, 1.165) is 0 Å². The normalized spacial score (nSPS) is 13.9. The predicted octanol–water partition coefficient (Wildman–Crippen LogP) is 4.43. The van der Waals surface area contributed by atoms with Gasteiger partial charge in [0.25, 0.3) is 0 Å². The molecular formula is C17H27N. The molecule has 0 saturated carbocycles. The summed E-state index contributed by atoms with van der Waals surface area (Å²) in [6, 6.07) is 0. The van der Waals surface area contributed by atoms with Crippen LogP contribution in [0.3, 0.4) is 0 Å². The van der Waals surface area contributed by atoms with Gasteiger partial charge in [-0.25, -0.2) is 0 Å². The van der Waals surface area contributed by atoms with Crippen LogP contribution in [0.1, 0.15) is 74.5 Å². The van der Waals surface area contributed by atoms with Gasteiger partial charge >= 0.3 is 0 Å². The zero-order valence-corrected chi connectivity index (χ0v) is 12.3. The van der Waals surface area contributed by atoms with E-state index >= 15 is 0 Å². The summed E-state index contributed by atoms with van der Waals surface area (Å²) in [6.07, 6.45) is 11.2. The summed E-state index contributed by atoms with van der Waals surface area (Å²) in [4.78, 5) is 5.04. The first-order valence-electron chi connectivity index (χ1n) is 7.84. The quantitative estimate of drug-likeness (QED) is 0.722. The molecule has 0 spiro atoms. The molecule has 1 aromatic heterocycles. The monoisotopic (exact) mass is 245 g/mol. The molecule has 1 heteroatoms. The van der Waals surface area contributed by atoms with E-state index in [0.29, 0.717) is 0 Å². The lowest BCUT2D eigenvalue weighted by Gasteiger charge is -2.16. The van der Waals surface area contributed by atoms with Gasteiger partial charge < -0.3 is 0 Å². The number of pyridine rings is 1. The highest BCUT2D eigenvalue weighted by molar-refractivity contribution is 5.44. The third kappa shape index (κ3) is 2.60. The molecule has 2 rings (SSSR count). The molecular weight excluding hydrogens is 218 g/mol. The molecule has 1 nitrogen and oxygen atoms in total. The Morgan fingerprint density at radius 2 is 1.39 bits per heavy atom. The molecule has 1 aliphatic rings. The van der Waals surface area contributed by atoms with Crippen molar-refractivity contribution < 1.29 is 0 Å². The molecule has 0 saturated heterocycles. The van der Waals surface area contributed by atoms with Crippen LogP contribution in [-0.2, 0) is 32.1 Å². The Morgan fingerprint density at radius 3 is 2.06 bits per heavy atom. The van der Waals surface area contributed by atoms with Gasteiger partial charge in [-0.15, -0.1) is 0 Å². The van der Waals surface area contributed by atoms with Crippen molar-refractivity contribution in [2.24, 2.45) is 0 Å². The van der Waals surface area contributed by atoms with Crippen LogP contribution < -0.4 is 0 Å². The lowest BCUT2D eigenvalue weighted by atomic mass is 9.94. The number of hydrogen-bond donors (Lipinski definition) is 0. The van der Waals surface area contributed by atoms with Crippen molar-refractivity contribution in [2.75, 3.05) is 0 Å². The Morgan fingerprint density at radius 1 is 0.778 bits per heavy atom. The second kappa shape index (κ2) is 6.36. The van der Waals surface area contributed by atoms with Crippen LogP contribution >= 0.6 is 0 Å². The highest BCUT2D eigenvalue weighted by Gasteiger charge is 2.21. The van der Waals surface area contributed by atoms with Crippen molar-refractivity contribution in [3.8, 4) is 0 Å². The average Bonchev–Trinajstić information content (AvgIpc) is 2.83. The number of nitrogens with zero attached hydrogens (tertiary/aromatic N) is 1. The molecule has 1 aliphatic carbocycles. The standard InChI is InChI=1S/C17H27N/c1-4-8-14-13-11-7-12-15(13)17(10-6-3)18-16(14)9-5-2/h4-12H2,1-3H3. The Labute approximate surface area is 112 Å². The molecule has 0 bridgehead atoms. The molecule has 1 heterocycles. The van der Waals surface area contributed by atoms with E-state index in [9.17, 15) is 0 Å². The second-order valence-electron chi connectivity index (χ2n) is 5.54. The van der Waals surface area contributed by atoms with Gasteiger partial charge in [0, 0.05) is 11.4 Å². The first-order valence-corrected chi connectivity index (χ1v) is 7.84. The summed E-state index contributed by atoms with van der Waals surface area (Å²) in [5.74, 6) is 0. The Hall–Kier alpha value is -0.850. The summed E-state index contributed by atoms with van der Waals surface area (Å²) in [5.41, 5.74) is 7.78. The number of rotatable bonds is 6. The van der Waals surface area contributed by atoms with Gasteiger partial charge in [0.15, 0.2) is 0 Å². The molecule has 0 aromatic carbocycles. The Balaban J connectivity index is 2.47. The Bertz CT molecular complexity index is 407. The van der Waals surface area contributed by atoms with Crippen molar-refractivity contribution in [2.45, 2.75) is 78.6 Å². The van der Waals surface area contributed by atoms with E-state index in [1.165, 1.54) is 69.2 Å². The van der Waals surface area contributed by atoms with Crippen LogP contribution in [-0.4, -0.2) is 4.98 Å². The summed E-state index contributed by atoms with van der Waals surface area (Å²) < 4.78 is 0. The predicted molar refractivity (Wildman–Crippen MR) is 78.2 cm³/mol. The third-order valence-electron chi connectivity index (χ3n) is 4.02. The van der Waals surface area contributed by atoms with Crippen LogP contribution in [0.15, 0.2) is 0 Å². The maximum atomic E-state index is 5.04. The minimum atomic E-state index is 1.17. The summed E-state index contributed by atoms with van der Waals surface area (Å²) in [5, 5.41) is 0. The first-order chi connectivity index (χ1) is 8.81. The van der Waals surface area contributed by atoms with Gasteiger partial charge in [-0.3, -0.25) is 4.98 Å². The zero-order chi connectivity index (χ0) is 13.0. The van der Waals surface area contributed by atoms with Crippen molar-refractivity contribution in [3.63, 3.8) is 0 Å². The molecule has 0 aliphatic heterocycles. The molecule has 0 atom stereocenters. The summed E-state index contributed by atoms with van der Waals surface area (Å²) >= 11 is 0. The van der Waals surface area contributed by atoms with Crippen molar-refractivity contribution in [1.82, 2.24) is 4.98 Å². The van der Waals surface area contributed by atoms with Gasteiger partial charge in [-0.2, -0.15) is 0 Å². The number of hydrogen-bond acceptors (Lipinski definition) is 1. The number of aromatic nitrogens is 1. The van der Waals surface area contributed by atoms with E-state index in [-0.39, 0.29) is 0 Å². The van der Waals surface area contributed by atoms with E-state index in [2.05, 4.69) is 20.8 Å². The van der Waals surface area contributed by atoms with E-state index in [1.807, 2.05) is 0 Å². The van der Waals surface area contributed by atoms with E-state index in [1.54, 1.807) is 16.7 Å². The average molecular weight is 245 g/mol. The molecule has 100 valence electrons. The van der Waals surface area contributed by atoms with Crippen LogP contribution in [0.25, 0.3) is 0 Å². The molecule has 1 aromatic rings. The second-order valence-corrected chi connectivity index (χ2v) is 5.54. The maximum Gasteiger partial charge on any atom is 0.0441 e. The van der Waals surface area contributed by atoms with Gasteiger partial charge in [0.05, 0.1) is 0 Å². The lowest BCUT2D eigenvalue weighted by Crippen LogP contribution is -2.08. The molecule has 0 N–H and O–H groups in total. The summed E-state index contributed by atoms with van der Waals surface area (Å²) in [6.45, 7) is 6.82. The van der Waals surface area contributed by atoms with Crippen molar-refractivity contribution in [3.05, 3.63) is 28.1 Å². The lowest BCUT2D eigenvalue weighted by molar-refractivity contribution is 0.783. The SMILES string of the molecule is CCCc1nc(CCC)c2c(c1CCC)CCC2. The topological polar surface area (TPSA) is 12.9 Å². The van der Waals surface area contributed by atoms with Crippen LogP contribution in [0.5, 0.6) is 0 Å². The number of aryl methyl sites for hydroxylation is 2. The van der Waals surface area contributed by atoms with Crippen molar-refractivity contribution >= 4 is 0 Å². The highest BCUT2D eigenvalue weighted by atomic mass is 14.7. The minimum absolute atomic E-state index is 1.17. The number of fused-ring (bicyclic) bond motifs is 1. The molecule has 0 unspecified atom stereocenters. The van der Waals surface area contributed by atoms with Gasteiger partial charge in [-0.1, -0.05) is 40.0 Å². The summed E-state index contributed by atoms with van der Waals surface area (Å²) in [7, 11) is 0. The highest BCUT2D eigenvalue weighted by Crippen LogP contribution is 2.31. The minimum Gasteiger partial charge on any atom is -0.257 e. The fraction of sp³-hybridized carbons (Fsp3) is 0.706. The van der Waals surface area contributed by atoms with Gasteiger partial charge in [0.1, 0.15) is 0 Å². The molecule has 18 heavy (non-hydrogen) atoms. The largest absolute Gasteiger partial charge is 0.257 e. The first kappa shape index (κ1) is 13.6. The molecule has 0 radical (unpaired) electrons. The van der Waals surface area contributed by atoms with Gasteiger partial charge in [-0.05, 0) is 55.2 Å². The smallest absolute Gasteiger partial charge is 0.0441 e. The van der Waals surface area contributed by atoms with Crippen LogP contribution in [0.4, 0.5) is 0 Å². The fourth-order valence-electron chi connectivity index (χ4n) is 3.30. The van der Waals surface area contributed by atoms with Gasteiger partial charge in [0.2, 0.25) is 0 Å². The fourth-order valence-corrected chi connectivity index (χ4v) is 3.30. The van der Waals surface area contributed by atoms with Crippen molar-refractivity contribution in [1.29, 1.82) is 0 Å². The van der Waals surface area contributed by atoms with Crippen LogP contribution in [0.2, 0.25) is 0 Å². The molecule has 0 fully saturated rings. The van der Waals surface area contributed by atoms with Crippen LogP contribution in [0, 0.1) is 0 Å².